The summed E-state index contributed by atoms with van der Waals surface area (Å²) < 4.78 is 41.7. The Labute approximate surface area is 179 Å². The molecule has 1 aromatic heterocycles. The molecule has 1 aliphatic rings. The topological polar surface area (TPSA) is 101 Å². The van der Waals surface area contributed by atoms with Crippen LogP contribution in [0.1, 0.15) is 12.0 Å². The standard InChI is InChI=1S/C20H21FN6O3S/c21-17-4-8-19(9-5-17)31(29,30)26-11-1-10-25(12-13-26)20(28)14-16-2-6-18(7-3-16)27-15-22-23-24-27/h2-9,15H,1,10-14H2. The van der Waals surface area contributed by atoms with Gasteiger partial charge in [0.1, 0.15) is 12.1 Å². The summed E-state index contributed by atoms with van der Waals surface area (Å²) in [7, 11) is -3.73. The zero-order valence-corrected chi connectivity index (χ0v) is 17.4. The zero-order chi connectivity index (χ0) is 21.8. The second kappa shape index (κ2) is 8.90. The summed E-state index contributed by atoms with van der Waals surface area (Å²) in [6.07, 6.45) is 2.24. The van der Waals surface area contributed by atoms with E-state index in [9.17, 15) is 17.6 Å². The van der Waals surface area contributed by atoms with Crippen LogP contribution in [-0.4, -0.2) is 69.9 Å². The van der Waals surface area contributed by atoms with Crippen LogP contribution in [0.3, 0.4) is 0 Å². The number of hydrogen-bond donors (Lipinski definition) is 0. The molecule has 0 bridgehead atoms. The summed E-state index contributed by atoms with van der Waals surface area (Å²) >= 11 is 0. The second-order valence-corrected chi connectivity index (χ2v) is 9.13. The number of carbonyl (C=O) groups excluding carboxylic acids is 1. The summed E-state index contributed by atoms with van der Waals surface area (Å²) in [4.78, 5) is 14.5. The molecule has 0 spiro atoms. The number of benzene rings is 2. The van der Waals surface area contributed by atoms with E-state index >= 15 is 0 Å². The van der Waals surface area contributed by atoms with E-state index in [0.717, 1.165) is 23.4 Å². The van der Waals surface area contributed by atoms with Gasteiger partial charge in [-0.1, -0.05) is 12.1 Å². The molecule has 0 radical (unpaired) electrons. The Balaban J connectivity index is 1.38. The smallest absolute Gasteiger partial charge is 0.243 e. The third-order valence-electron chi connectivity index (χ3n) is 5.16. The third kappa shape index (κ3) is 4.78. The molecule has 3 aromatic rings. The lowest BCUT2D eigenvalue weighted by molar-refractivity contribution is -0.130. The van der Waals surface area contributed by atoms with Gasteiger partial charge in [0.2, 0.25) is 15.9 Å². The first kappa shape index (κ1) is 21.1. The van der Waals surface area contributed by atoms with Crippen LogP contribution < -0.4 is 0 Å². The van der Waals surface area contributed by atoms with Crippen molar-refractivity contribution in [2.24, 2.45) is 0 Å². The molecular formula is C20H21FN6O3S. The minimum absolute atomic E-state index is 0.0522. The van der Waals surface area contributed by atoms with Crippen LogP contribution in [0.25, 0.3) is 5.69 Å². The van der Waals surface area contributed by atoms with Crippen molar-refractivity contribution in [2.45, 2.75) is 17.7 Å². The average Bonchev–Trinajstić information content (AvgIpc) is 3.18. The molecule has 0 aliphatic carbocycles. The molecule has 1 amide bonds. The van der Waals surface area contributed by atoms with Crippen LogP contribution in [0.4, 0.5) is 4.39 Å². The van der Waals surface area contributed by atoms with Crippen molar-refractivity contribution in [1.29, 1.82) is 0 Å². The molecule has 0 saturated carbocycles. The highest BCUT2D eigenvalue weighted by molar-refractivity contribution is 7.89. The molecule has 9 nitrogen and oxygen atoms in total. The summed E-state index contributed by atoms with van der Waals surface area (Å²) in [6.45, 7) is 1.30. The molecule has 0 N–H and O–H groups in total. The van der Waals surface area contributed by atoms with E-state index in [0.29, 0.717) is 26.1 Å². The number of rotatable bonds is 5. The molecule has 0 unspecified atom stereocenters. The lowest BCUT2D eigenvalue weighted by Crippen LogP contribution is -2.38. The third-order valence-corrected chi connectivity index (χ3v) is 7.08. The maximum absolute atomic E-state index is 13.1. The SMILES string of the molecule is O=C(Cc1ccc(-n2cnnn2)cc1)N1CCCN(S(=O)(=O)c2ccc(F)cc2)CC1. The Hall–Kier alpha value is -3.18. The van der Waals surface area contributed by atoms with E-state index in [1.54, 1.807) is 4.90 Å². The first-order valence-corrected chi connectivity index (χ1v) is 11.2. The van der Waals surface area contributed by atoms with Gasteiger partial charge < -0.3 is 4.90 Å². The van der Waals surface area contributed by atoms with Crippen LogP contribution in [0.2, 0.25) is 0 Å². The van der Waals surface area contributed by atoms with Crippen molar-refractivity contribution < 1.29 is 17.6 Å². The molecular weight excluding hydrogens is 423 g/mol. The normalized spacial score (nSPS) is 15.6. The molecule has 1 saturated heterocycles. The first-order chi connectivity index (χ1) is 14.9. The molecule has 0 atom stereocenters. The number of amides is 1. The van der Waals surface area contributed by atoms with E-state index < -0.39 is 15.8 Å². The van der Waals surface area contributed by atoms with Gasteiger partial charge in [-0.15, -0.1) is 5.10 Å². The van der Waals surface area contributed by atoms with Crippen LogP contribution in [0.5, 0.6) is 0 Å². The fraction of sp³-hybridized carbons (Fsp3) is 0.300. The van der Waals surface area contributed by atoms with Gasteiger partial charge in [-0.3, -0.25) is 4.79 Å². The van der Waals surface area contributed by atoms with Gasteiger partial charge in [0.05, 0.1) is 17.0 Å². The minimum Gasteiger partial charge on any atom is -0.341 e. The number of aromatic nitrogens is 4. The maximum atomic E-state index is 13.1. The molecule has 11 heteroatoms. The average molecular weight is 444 g/mol. The van der Waals surface area contributed by atoms with E-state index in [2.05, 4.69) is 15.5 Å². The van der Waals surface area contributed by atoms with E-state index in [-0.39, 0.29) is 23.8 Å². The van der Waals surface area contributed by atoms with Crippen LogP contribution in [0, 0.1) is 5.82 Å². The van der Waals surface area contributed by atoms with Crippen LogP contribution in [0.15, 0.2) is 59.8 Å². The van der Waals surface area contributed by atoms with Crippen molar-refractivity contribution in [2.75, 3.05) is 26.2 Å². The van der Waals surface area contributed by atoms with E-state index in [1.165, 1.54) is 27.4 Å². The zero-order valence-electron chi connectivity index (χ0n) is 16.6. The minimum atomic E-state index is -3.73. The highest BCUT2D eigenvalue weighted by Gasteiger charge is 2.28. The maximum Gasteiger partial charge on any atom is 0.243 e. The van der Waals surface area contributed by atoms with Gasteiger partial charge in [-0.25, -0.2) is 17.5 Å². The molecule has 2 heterocycles. The Kier molecular flexibility index (Phi) is 6.05. The van der Waals surface area contributed by atoms with Gasteiger partial charge in [-0.05, 0) is 58.8 Å². The van der Waals surface area contributed by atoms with Crippen molar-refractivity contribution in [3.05, 3.63) is 66.2 Å². The van der Waals surface area contributed by atoms with Gasteiger partial charge in [-0.2, -0.15) is 4.31 Å². The number of hydrogen-bond acceptors (Lipinski definition) is 6. The molecule has 1 aliphatic heterocycles. The quantitative estimate of drug-likeness (QED) is 0.587. The lowest BCUT2D eigenvalue weighted by atomic mass is 10.1. The number of tetrazole rings is 1. The van der Waals surface area contributed by atoms with E-state index in [4.69, 9.17) is 0 Å². The van der Waals surface area contributed by atoms with Gasteiger partial charge >= 0.3 is 0 Å². The summed E-state index contributed by atoms with van der Waals surface area (Å²) in [5, 5.41) is 11.0. The molecule has 31 heavy (non-hydrogen) atoms. The highest BCUT2D eigenvalue weighted by atomic mass is 32.2. The molecule has 162 valence electrons. The summed E-state index contributed by atoms with van der Waals surface area (Å²) in [5.74, 6) is -0.547. The largest absolute Gasteiger partial charge is 0.341 e. The highest BCUT2D eigenvalue weighted by Crippen LogP contribution is 2.19. The first-order valence-electron chi connectivity index (χ1n) is 9.79. The summed E-state index contributed by atoms with van der Waals surface area (Å²) in [6, 6.07) is 12.1. The van der Waals surface area contributed by atoms with Crippen LogP contribution in [-0.2, 0) is 21.2 Å². The predicted molar refractivity (Wildman–Crippen MR) is 109 cm³/mol. The van der Waals surface area contributed by atoms with Gasteiger partial charge in [0.15, 0.2) is 0 Å². The summed E-state index contributed by atoms with van der Waals surface area (Å²) in [5.41, 5.74) is 1.64. The Morgan fingerprint density at radius 2 is 1.71 bits per heavy atom. The number of nitrogens with zero attached hydrogens (tertiary/aromatic N) is 6. The number of carbonyl (C=O) groups is 1. The van der Waals surface area contributed by atoms with Crippen LogP contribution >= 0.6 is 0 Å². The molecule has 1 fully saturated rings. The fourth-order valence-corrected chi connectivity index (χ4v) is 4.94. The van der Waals surface area contributed by atoms with Gasteiger partial charge in [0, 0.05) is 26.2 Å². The monoisotopic (exact) mass is 444 g/mol. The van der Waals surface area contributed by atoms with Gasteiger partial charge in [0.25, 0.3) is 0 Å². The van der Waals surface area contributed by atoms with Crippen molar-refractivity contribution in [3.63, 3.8) is 0 Å². The van der Waals surface area contributed by atoms with Crippen molar-refractivity contribution in [3.8, 4) is 5.69 Å². The number of halogens is 1. The lowest BCUT2D eigenvalue weighted by Gasteiger charge is -2.22. The molecule has 4 rings (SSSR count). The van der Waals surface area contributed by atoms with Crippen molar-refractivity contribution in [1.82, 2.24) is 29.4 Å². The Morgan fingerprint density at radius 1 is 0.968 bits per heavy atom. The Bertz CT molecular complexity index is 1130. The fourth-order valence-electron chi connectivity index (χ4n) is 3.47. The Morgan fingerprint density at radius 3 is 2.39 bits per heavy atom. The molecule has 2 aromatic carbocycles. The second-order valence-electron chi connectivity index (χ2n) is 7.19. The number of sulfonamides is 1. The predicted octanol–water partition coefficient (Wildman–Crippen LogP) is 1.27. The van der Waals surface area contributed by atoms with E-state index in [1.807, 2.05) is 24.3 Å². The van der Waals surface area contributed by atoms with Crippen molar-refractivity contribution >= 4 is 15.9 Å².